The Morgan fingerprint density at radius 2 is 1.79 bits per heavy atom. The molecule has 0 unspecified atom stereocenters. The Labute approximate surface area is 142 Å². The number of piperidine rings is 1. The molecule has 3 rings (SSSR count). The van der Waals surface area contributed by atoms with Crippen LogP contribution in [0.4, 0.5) is 0 Å². The number of carbonyl (C=O) groups is 2. The second-order valence-electron chi connectivity index (χ2n) is 6.37. The van der Waals surface area contributed by atoms with Gasteiger partial charge in [-0.25, -0.2) is 0 Å². The van der Waals surface area contributed by atoms with Crippen molar-refractivity contribution >= 4 is 11.8 Å². The van der Waals surface area contributed by atoms with Crippen molar-refractivity contribution < 1.29 is 19.1 Å². The fourth-order valence-electron chi connectivity index (χ4n) is 3.19. The predicted octanol–water partition coefficient (Wildman–Crippen LogP) is 1.93. The van der Waals surface area contributed by atoms with Crippen molar-refractivity contribution in [2.45, 2.75) is 32.2 Å². The fraction of sp³-hybridized carbons (Fsp3) is 0.556. The lowest BCUT2D eigenvalue weighted by atomic mass is 10.0. The molecule has 130 valence electrons. The van der Waals surface area contributed by atoms with Gasteiger partial charge in [0.2, 0.25) is 5.91 Å². The first-order chi connectivity index (χ1) is 11.6. The van der Waals surface area contributed by atoms with Crippen LogP contribution in [0.1, 0.15) is 36.5 Å². The minimum absolute atomic E-state index is 0.00887. The van der Waals surface area contributed by atoms with E-state index in [2.05, 4.69) is 0 Å². The maximum absolute atomic E-state index is 12.7. The Kier molecular flexibility index (Phi) is 4.92. The van der Waals surface area contributed by atoms with E-state index in [0.717, 1.165) is 19.3 Å². The Bertz CT molecular complexity index is 623. The second kappa shape index (κ2) is 7.11. The number of carbonyl (C=O) groups excluding carboxylic acids is 2. The molecule has 24 heavy (non-hydrogen) atoms. The quantitative estimate of drug-likeness (QED) is 0.830. The van der Waals surface area contributed by atoms with Crippen molar-refractivity contribution in [3.63, 3.8) is 0 Å². The van der Waals surface area contributed by atoms with Crippen LogP contribution < -0.4 is 9.47 Å². The Balaban J connectivity index is 1.65. The Morgan fingerprint density at radius 3 is 2.46 bits per heavy atom. The lowest BCUT2D eigenvalue weighted by Crippen LogP contribution is -2.46. The third kappa shape index (κ3) is 3.47. The van der Waals surface area contributed by atoms with Gasteiger partial charge in [-0.1, -0.05) is 0 Å². The molecule has 2 amide bonds. The van der Waals surface area contributed by atoms with Gasteiger partial charge >= 0.3 is 0 Å². The smallest absolute Gasteiger partial charge is 0.253 e. The van der Waals surface area contributed by atoms with Gasteiger partial charge in [-0.05, 0) is 31.0 Å². The monoisotopic (exact) mass is 332 g/mol. The van der Waals surface area contributed by atoms with Gasteiger partial charge in [-0.3, -0.25) is 9.59 Å². The summed E-state index contributed by atoms with van der Waals surface area (Å²) in [5, 5.41) is 0. The van der Waals surface area contributed by atoms with Gasteiger partial charge < -0.3 is 19.3 Å². The van der Waals surface area contributed by atoms with Crippen LogP contribution in [-0.2, 0) is 4.79 Å². The van der Waals surface area contributed by atoms with E-state index < -0.39 is 0 Å². The van der Waals surface area contributed by atoms with Crippen LogP contribution in [0.15, 0.2) is 18.2 Å². The van der Waals surface area contributed by atoms with Crippen LogP contribution in [0.3, 0.4) is 0 Å². The summed E-state index contributed by atoms with van der Waals surface area (Å²) in [6.45, 7) is 4.14. The summed E-state index contributed by atoms with van der Waals surface area (Å²) >= 11 is 0. The molecule has 0 aliphatic carbocycles. The van der Waals surface area contributed by atoms with Crippen molar-refractivity contribution in [3.05, 3.63) is 23.8 Å². The van der Waals surface area contributed by atoms with Crippen LogP contribution in [0.5, 0.6) is 11.5 Å². The van der Waals surface area contributed by atoms with Gasteiger partial charge in [0.1, 0.15) is 0 Å². The highest BCUT2D eigenvalue weighted by Crippen LogP contribution is 2.31. The van der Waals surface area contributed by atoms with Crippen LogP contribution in [-0.4, -0.2) is 61.0 Å². The molecule has 0 bridgehead atoms. The third-order valence-electron chi connectivity index (χ3n) is 4.79. The number of benzene rings is 1. The molecule has 6 heteroatoms. The standard InChI is InChI=1S/C18H24N2O4/c1-13(21)19(2)15-6-8-20(9-7-15)18(22)14-4-5-16-17(12-14)24-11-3-10-23-16/h4-5,12,15H,3,6-11H2,1-2H3. The molecule has 2 heterocycles. The summed E-state index contributed by atoms with van der Waals surface area (Å²) in [6, 6.07) is 5.60. The van der Waals surface area contributed by atoms with E-state index in [4.69, 9.17) is 9.47 Å². The number of nitrogens with zero attached hydrogens (tertiary/aromatic N) is 2. The zero-order valence-corrected chi connectivity index (χ0v) is 14.3. The number of hydrogen-bond donors (Lipinski definition) is 0. The molecule has 6 nitrogen and oxygen atoms in total. The first-order valence-corrected chi connectivity index (χ1v) is 8.48. The number of rotatable bonds is 2. The van der Waals surface area contributed by atoms with E-state index in [9.17, 15) is 9.59 Å². The molecular weight excluding hydrogens is 308 g/mol. The number of amides is 2. The van der Waals surface area contributed by atoms with E-state index in [1.807, 2.05) is 18.0 Å². The molecule has 1 fully saturated rings. The van der Waals surface area contributed by atoms with E-state index in [0.29, 0.717) is 43.4 Å². The number of fused-ring (bicyclic) bond motifs is 1. The minimum atomic E-state index is 0.00887. The topological polar surface area (TPSA) is 59.1 Å². The van der Waals surface area contributed by atoms with Gasteiger partial charge in [0, 0.05) is 45.1 Å². The van der Waals surface area contributed by atoms with Gasteiger partial charge in [-0.2, -0.15) is 0 Å². The minimum Gasteiger partial charge on any atom is -0.490 e. The van der Waals surface area contributed by atoms with E-state index in [1.165, 1.54) is 0 Å². The van der Waals surface area contributed by atoms with Gasteiger partial charge in [-0.15, -0.1) is 0 Å². The Morgan fingerprint density at radius 1 is 1.12 bits per heavy atom. The number of likely N-dealkylation sites (tertiary alicyclic amines) is 1. The molecule has 0 radical (unpaired) electrons. The molecular formula is C18H24N2O4. The predicted molar refractivity (Wildman–Crippen MR) is 89.4 cm³/mol. The molecule has 1 saturated heterocycles. The Hall–Kier alpha value is -2.24. The molecule has 1 aromatic carbocycles. The lowest BCUT2D eigenvalue weighted by Gasteiger charge is -2.36. The van der Waals surface area contributed by atoms with Crippen LogP contribution in [0.2, 0.25) is 0 Å². The average molecular weight is 332 g/mol. The fourth-order valence-corrected chi connectivity index (χ4v) is 3.19. The molecule has 0 N–H and O–H groups in total. The van der Waals surface area contributed by atoms with Crippen molar-refractivity contribution in [2.75, 3.05) is 33.4 Å². The highest BCUT2D eigenvalue weighted by atomic mass is 16.5. The van der Waals surface area contributed by atoms with E-state index in [1.54, 1.807) is 24.0 Å². The summed E-state index contributed by atoms with van der Waals surface area (Å²) in [7, 11) is 1.83. The van der Waals surface area contributed by atoms with Crippen molar-refractivity contribution in [2.24, 2.45) is 0 Å². The molecule has 2 aliphatic rings. The zero-order valence-electron chi connectivity index (χ0n) is 14.3. The number of ether oxygens (including phenoxy) is 2. The SMILES string of the molecule is CC(=O)N(C)C1CCN(C(=O)c2ccc3c(c2)OCCCO3)CC1. The van der Waals surface area contributed by atoms with Crippen molar-refractivity contribution in [1.82, 2.24) is 9.80 Å². The van der Waals surface area contributed by atoms with Crippen molar-refractivity contribution in [1.29, 1.82) is 0 Å². The molecule has 0 saturated carbocycles. The molecule has 2 aliphatic heterocycles. The van der Waals surface area contributed by atoms with Crippen LogP contribution >= 0.6 is 0 Å². The normalized spacial score (nSPS) is 18.0. The average Bonchev–Trinajstić information content (AvgIpc) is 2.85. The molecule has 0 spiro atoms. The van der Waals surface area contributed by atoms with Gasteiger partial charge in [0.25, 0.3) is 5.91 Å². The van der Waals surface area contributed by atoms with Crippen LogP contribution in [0.25, 0.3) is 0 Å². The molecule has 1 aromatic rings. The van der Waals surface area contributed by atoms with Crippen LogP contribution in [0, 0.1) is 0 Å². The highest BCUT2D eigenvalue weighted by Gasteiger charge is 2.27. The van der Waals surface area contributed by atoms with Crippen molar-refractivity contribution in [3.8, 4) is 11.5 Å². The highest BCUT2D eigenvalue weighted by molar-refractivity contribution is 5.95. The summed E-state index contributed by atoms with van der Waals surface area (Å²) in [4.78, 5) is 27.8. The second-order valence-corrected chi connectivity index (χ2v) is 6.37. The first-order valence-electron chi connectivity index (χ1n) is 8.48. The summed E-state index contributed by atoms with van der Waals surface area (Å²) in [5.41, 5.74) is 0.623. The van der Waals surface area contributed by atoms with E-state index >= 15 is 0 Å². The van der Waals surface area contributed by atoms with Gasteiger partial charge in [0.15, 0.2) is 11.5 Å². The summed E-state index contributed by atoms with van der Waals surface area (Å²) < 4.78 is 11.3. The molecule has 0 atom stereocenters. The molecule has 0 aromatic heterocycles. The lowest BCUT2D eigenvalue weighted by molar-refractivity contribution is -0.130. The summed E-state index contributed by atoms with van der Waals surface area (Å²) in [5.74, 6) is 1.42. The largest absolute Gasteiger partial charge is 0.490 e. The maximum atomic E-state index is 12.7. The maximum Gasteiger partial charge on any atom is 0.253 e. The third-order valence-corrected chi connectivity index (χ3v) is 4.79. The zero-order chi connectivity index (χ0) is 17.1. The van der Waals surface area contributed by atoms with E-state index in [-0.39, 0.29) is 17.9 Å². The summed E-state index contributed by atoms with van der Waals surface area (Å²) in [6.07, 6.45) is 2.47. The number of hydrogen-bond acceptors (Lipinski definition) is 4. The van der Waals surface area contributed by atoms with Gasteiger partial charge in [0.05, 0.1) is 13.2 Å². The first kappa shape index (κ1) is 16.6.